The van der Waals surface area contributed by atoms with Crippen LogP contribution in [0.25, 0.3) is 0 Å². The molecule has 0 aromatic heterocycles. The minimum absolute atomic E-state index is 0.0469. The average molecular weight is 120 g/mol. The molecule has 0 aromatic carbocycles. The fourth-order valence-corrected chi connectivity index (χ4v) is 0.943. The van der Waals surface area contributed by atoms with Crippen molar-refractivity contribution in [3.05, 3.63) is 31.2 Å². The maximum atomic E-state index is 5.92. The van der Waals surface area contributed by atoms with Crippen LogP contribution < -0.4 is 0 Å². The summed E-state index contributed by atoms with van der Waals surface area (Å²) < 4.78 is 0. The monoisotopic (exact) mass is 120 g/mol. The van der Waals surface area contributed by atoms with E-state index in [0.717, 1.165) is 12.8 Å². The van der Waals surface area contributed by atoms with Gasteiger partial charge in [0.25, 0.3) is 0 Å². The number of allylic oxidation sites excluding steroid dienone is 4. The van der Waals surface area contributed by atoms with Gasteiger partial charge in [0.15, 0.2) is 0 Å². The molecule has 0 amide bonds. The Morgan fingerprint density at radius 1 is 1.56 bits per heavy atom. The Hall–Kier alpha value is -0.520. The molecule has 0 nitrogen and oxygen atoms in total. The maximum absolute atomic E-state index is 5.92. The molecule has 1 aliphatic rings. The molecule has 0 heteroatoms. The Kier molecular flexibility index (Phi) is 1.75. The van der Waals surface area contributed by atoms with Crippen LogP contribution in [0, 0.1) is 12.3 Å². The van der Waals surface area contributed by atoms with Gasteiger partial charge in [-0.2, -0.15) is 0 Å². The van der Waals surface area contributed by atoms with Crippen LogP contribution in [0.3, 0.4) is 0 Å². The van der Waals surface area contributed by atoms with Gasteiger partial charge in [-0.25, -0.2) is 0 Å². The van der Waals surface area contributed by atoms with Gasteiger partial charge < -0.3 is 0 Å². The van der Waals surface area contributed by atoms with Crippen LogP contribution in [0.15, 0.2) is 24.3 Å². The summed E-state index contributed by atoms with van der Waals surface area (Å²) in [4.78, 5) is 0. The zero-order valence-corrected chi connectivity index (χ0v) is 5.80. The quantitative estimate of drug-likeness (QED) is 0.499. The van der Waals surface area contributed by atoms with Crippen molar-refractivity contribution in [3.63, 3.8) is 0 Å². The first-order valence-corrected chi connectivity index (χ1v) is 3.40. The van der Waals surface area contributed by atoms with Crippen molar-refractivity contribution in [2.75, 3.05) is 0 Å². The molecular weight excluding hydrogens is 108 g/mol. The number of hydrogen-bond acceptors (Lipinski definition) is 0. The summed E-state index contributed by atoms with van der Waals surface area (Å²) in [7, 11) is 0. The first kappa shape index (κ1) is 6.60. The molecule has 1 aliphatic carbocycles. The van der Waals surface area contributed by atoms with Crippen LogP contribution >= 0.6 is 0 Å². The van der Waals surface area contributed by atoms with Crippen molar-refractivity contribution in [2.45, 2.75) is 19.8 Å². The second-order valence-corrected chi connectivity index (χ2v) is 2.58. The minimum atomic E-state index is -0.0469. The van der Waals surface area contributed by atoms with Crippen LogP contribution in [0.1, 0.15) is 19.8 Å². The Bertz CT molecular complexity index is 142. The first-order chi connectivity index (χ1) is 4.27. The molecule has 0 saturated heterocycles. The first-order valence-electron chi connectivity index (χ1n) is 3.40. The normalized spacial score (nSPS) is 33.1. The lowest BCUT2D eigenvalue weighted by Crippen LogP contribution is -2.11. The van der Waals surface area contributed by atoms with Gasteiger partial charge >= 0.3 is 0 Å². The highest BCUT2D eigenvalue weighted by molar-refractivity contribution is 5.17. The second kappa shape index (κ2) is 2.38. The van der Waals surface area contributed by atoms with Crippen LogP contribution in [0.2, 0.25) is 0 Å². The molecule has 48 valence electrons. The van der Waals surface area contributed by atoms with Gasteiger partial charge in [0.05, 0.1) is 0 Å². The lowest BCUT2D eigenvalue weighted by atomic mass is 9.82. The van der Waals surface area contributed by atoms with Crippen LogP contribution in [-0.2, 0) is 0 Å². The van der Waals surface area contributed by atoms with Gasteiger partial charge in [-0.15, -0.1) is 0 Å². The smallest absolute Gasteiger partial charge is 0.00488 e. The predicted octanol–water partition coefficient (Wildman–Crippen LogP) is 2.61. The molecule has 0 spiro atoms. The highest BCUT2D eigenvalue weighted by atomic mass is 14.2. The van der Waals surface area contributed by atoms with Gasteiger partial charge in [-0.3, -0.25) is 0 Å². The average Bonchev–Trinajstić information content (AvgIpc) is 1.90. The summed E-state index contributed by atoms with van der Waals surface area (Å²) in [6.07, 6.45) is 10.3. The van der Waals surface area contributed by atoms with Crippen molar-refractivity contribution in [1.82, 2.24) is 0 Å². The van der Waals surface area contributed by atoms with E-state index >= 15 is 0 Å². The SMILES string of the molecule is [CH]C1(CC)C=CC=CC1. The standard InChI is InChI=1S/C9H12/c1-3-9(2)7-5-4-6-8-9/h2,4-7H,3,8H2,1H3. The third-order valence-corrected chi connectivity index (χ3v) is 1.83. The Morgan fingerprint density at radius 3 is 2.67 bits per heavy atom. The fourth-order valence-electron chi connectivity index (χ4n) is 0.943. The van der Waals surface area contributed by atoms with E-state index < -0.39 is 0 Å². The third kappa shape index (κ3) is 1.44. The van der Waals surface area contributed by atoms with E-state index in [-0.39, 0.29) is 5.41 Å². The summed E-state index contributed by atoms with van der Waals surface area (Å²) in [5.74, 6) is 0. The number of hydrogen-bond donors (Lipinski definition) is 0. The van der Waals surface area contributed by atoms with Gasteiger partial charge in [0.1, 0.15) is 0 Å². The Balaban J connectivity index is 2.63. The molecule has 0 aliphatic heterocycles. The molecule has 9 heavy (non-hydrogen) atoms. The molecule has 1 unspecified atom stereocenters. The van der Waals surface area contributed by atoms with E-state index in [4.69, 9.17) is 6.92 Å². The van der Waals surface area contributed by atoms with Crippen molar-refractivity contribution < 1.29 is 0 Å². The summed E-state index contributed by atoms with van der Waals surface area (Å²) in [5.41, 5.74) is -0.0469. The van der Waals surface area contributed by atoms with Crippen LogP contribution in [0.4, 0.5) is 0 Å². The molecule has 0 heterocycles. The van der Waals surface area contributed by atoms with E-state index in [2.05, 4.69) is 19.1 Å². The van der Waals surface area contributed by atoms with Gasteiger partial charge in [0, 0.05) is 0 Å². The van der Waals surface area contributed by atoms with Crippen molar-refractivity contribution >= 4 is 0 Å². The zero-order chi connectivity index (χ0) is 6.74. The second-order valence-electron chi connectivity index (χ2n) is 2.58. The van der Waals surface area contributed by atoms with Gasteiger partial charge in [-0.05, 0) is 25.2 Å². The predicted molar refractivity (Wildman–Crippen MR) is 39.9 cm³/mol. The molecular formula is C9H12. The molecule has 2 radical (unpaired) electrons. The Morgan fingerprint density at radius 2 is 2.33 bits per heavy atom. The zero-order valence-electron chi connectivity index (χ0n) is 5.80. The Labute approximate surface area is 57.3 Å². The third-order valence-electron chi connectivity index (χ3n) is 1.83. The minimum Gasteiger partial charge on any atom is -0.0837 e. The maximum Gasteiger partial charge on any atom is -0.00488 e. The van der Waals surface area contributed by atoms with Crippen LogP contribution in [0.5, 0.6) is 0 Å². The van der Waals surface area contributed by atoms with Crippen molar-refractivity contribution in [1.29, 1.82) is 0 Å². The molecule has 1 atom stereocenters. The number of rotatable bonds is 1. The molecule has 0 saturated carbocycles. The molecule has 0 N–H and O–H groups in total. The van der Waals surface area contributed by atoms with Crippen molar-refractivity contribution in [2.24, 2.45) is 5.41 Å². The van der Waals surface area contributed by atoms with E-state index in [1.807, 2.05) is 12.2 Å². The lowest BCUT2D eigenvalue weighted by molar-refractivity contribution is 0.471. The van der Waals surface area contributed by atoms with Crippen molar-refractivity contribution in [3.8, 4) is 0 Å². The fraction of sp³-hybridized carbons (Fsp3) is 0.444. The van der Waals surface area contributed by atoms with E-state index in [1.165, 1.54) is 0 Å². The summed E-state index contributed by atoms with van der Waals surface area (Å²) in [6, 6.07) is 0. The van der Waals surface area contributed by atoms with E-state index in [0.29, 0.717) is 0 Å². The molecule has 1 rings (SSSR count). The van der Waals surface area contributed by atoms with Crippen LogP contribution in [-0.4, -0.2) is 0 Å². The van der Waals surface area contributed by atoms with Gasteiger partial charge in [0.2, 0.25) is 0 Å². The summed E-state index contributed by atoms with van der Waals surface area (Å²) >= 11 is 0. The van der Waals surface area contributed by atoms with E-state index in [1.54, 1.807) is 0 Å². The highest BCUT2D eigenvalue weighted by Gasteiger charge is 2.17. The summed E-state index contributed by atoms with van der Waals surface area (Å²) in [5, 5.41) is 0. The lowest BCUT2D eigenvalue weighted by Gasteiger charge is -2.23. The van der Waals surface area contributed by atoms with Gasteiger partial charge in [-0.1, -0.05) is 31.2 Å². The topological polar surface area (TPSA) is 0 Å². The molecule has 0 fully saturated rings. The largest absolute Gasteiger partial charge is 0.0837 e. The molecule has 0 aromatic rings. The van der Waals surface area contributed by atoms with E-state index in [9.17, 15) is 0 Å². The summed E-state index contributed by atoms with van der Waals surface area (Å²) in [6.45, 7) is 8.03. The molecule has 0 bridgehead atoms. The highest BCUT2D eigenvalue weighted by Crippen LogP contribution is 2.29.